The van der Waals surface area contributed by atoms with Crippen LogP contribution in [0.15, 0.2) is 30.3 Å². The number of aliphatic carboxylic acids is 1. The molecule has 0 aromatic heterocycles. The Kier molecular flexibility index (Phi) is 4.92. The summed E-state index contributed by atoms with van der Waals surface area (Å²) in [4.78, 5) is 24.2. The summed E-state index contributed by atoms with van der Waals surface area (Å²) in [7, 11) is 0. The van der Waals surface area contributed by atoms with Gasteiger partial charge in [-0.2, -0.15) is 0 Å². The molecule has 1 fully saturated rings. The van der Waals surface area contributed by atoms with Crippen LogP contribution in [0.2, 0.25) is 0 Å². The fourth-order valence-corrected chi connectivity index (χ4v) is 4.36. The van der Waals surface area contributed by atoms with Gasteiger partial charge in [0.15, 0.2) is 0 Å². The fourth-order valence-electron chi connectivity index (χ4n) is 4.36. The number of carboxylic acid groups (broad SMARTS) is 1. The number of benzene rings is 1. The summed E-state index contributed by atoms with van der Waals surface area (Å²) >= 11 is 0. The molecule has 1 amide bonds. The van der Waals surface area contributed by atoms with Gasteiger partial charge in [-0.25, -0.2) is 9.59 Å². The Morgan fingerprint density at radius 2 is 1.58 bits per heavy atom. The quantitative estimate of drug-likeness (QED) is 0.874. The first-order chi connectivity index (χ1) is 11.0. The van der Waals surface area contributed by atoms with Crippen LogP contribution in [0.1, 0.15) is 52.5 Å². The lowest BCUT2D eigenvalue weighted by molar-refractivity contribution is -0.151. The molecule has 1 saturated carbocycles. The number of carbonyl (C=O) groups excluding carboxylic acids is 1. The molecule has 24 heavy (non-hydrogen) atoms. The smallest absolute Gasteiger partial charge is 0.408 e. The summed E-state index contributed by atoms with van der Waals surface area (Å²) < 4.78 is 5.23. The highest BCUT2D eigenvalue weighted by atomic mass is 16.5. The molecule has 0 radical (unpaired) electrons. The zero-order chi connectivity index (χ0) is 18.0. The minimum absolute atomic E-state index is 0.120. The van der Waals surface area contributed by atoms with Gasteiger partial charge >= 0.3 is 12.1 Å². The van der Waals surface area contributed by atoms with E-state index in [1.54, 1.807) is 0 Å². The topological polar surface area (TPSA) is 75.6 Å². The number of hydrogen-bond donors (Lipinski definition) is 2. The van der Waals surface area contributed by atoms with E-state index in [1.807, 2.05) is 58.0 Å². The first kappa shape index (κ1) is 18.3. The van der Waals surface area contributed by atoms with Crippen molar-refractivity contribution in [2.24, 2.45) is 10.8 Å². The molecule has 2 N–H and O–H groups in total. The SMILES string of the molecule is CC1(C)CC(C)(C)CC(NC(=O)OCc2ccccc2)(C(=O)O)C1. The summed E-state index contributed by atoms with van der Waals surface area (Å²) in [6, 6.07) is 9.32. The highest BCUT2D eigenvalue weighted by Crippen LogP contribution is 2.50. The summed E-state index contributed by atoms with van der Waals surface area (Å²) in [6.07, 6.45) is 1.00. The lowest BCUT2D eigenvalue weighted by Crippen LogP contribution is -2.61. The molecule has 132 valence electrons. The van der Waals surface area contributed by atoms with Crippen LogP contribution < -0.4 is 5.32 Å². The van der Waals surface area contributed by atoms with Crippen molar-refractivity contribution in [2.75, 3.05) is 0 Å². The van der Waals surface area contributed by atoms with Crippen LogP contribution in [0.4, 0.5) is 4.79 Å². The van der Waals surface area contributed by atoms with Crippen LogP contribution >= 0.6 is 0 Å². The predicted molar refractivity (Wildman–Crippen MR) is 91.5 cm³/mol. The average Bonchev–Trinajstić information content (AvgIpc) is 2.42. The third kappa shape index (κ3) is 4.49. The van der Waals surface area contributed by atoms with Crippen LogP contribution in [0.25, 0.3) is 0 Å². The van der Waals surface area contributed by atoms with Crippen molar-refractivity contribution < 1.29 is 19.4 Å². The molecule has 0 spiro atoms. The molecule has 1 aromatic rings. The molecule has 5 nitrogen and oxygen atoms in total. The van der Waals surface area contributed by atoms with Crippen LogP contribution in [0.5, 0.6) is 0 Å². The Morgan fingerprint density at radius 3 is 2.08 bits per heavy atom. The second-order valence-electron chi connectivity index (χ2n) is 8.43. The van der Waals surface area contributed by atoms with E-state index in [-0.39, 0.29) is 17.4 Å². The zero-order valence-electron chi connectivity index (χ0n) is 14.9. The van der Waals surface area contributed by atoms with E-state index in [4.69, 9.17) is 4.74 Å². The number of rotatable bonds is 4. The largest absolute Gasteiger partial charge is 0.480 e. The average molecular weight is 333 g/mol. The van der Waals surface area contributed by atoms with E-state index < -0.39 is 17.6 Å². The van der Waals surface area contributed by atoms with Gasteiger partial charge in [-0.05, 0) is 35.7 Å². The van der Waals surface area contributed by atoms with Gasteiger partial charge in [-0.3, -0.25) is 0 Å². The second-order valence-corrected chi connectivity index (χ2v) is 8.43. The monoisotopic (exact) mass is 333 g/mol. The van der Waals surface area contributed by atoms with Crippen LogP contribution in [-0.4, -0.2) is 22.7 Å². The molecule has 1 aliphatic carbocycles. The lowest BCUT2D eigenvalue weighted by atomic mass is 9.58. The van der Waals surface area contributed by atoms with Gasteiger partial charge in [-0.1, -0.05) is 58.0 Å². The van der Waals surface area contributed by atoms with E-state index >= 15 is 0 Å². The van der Waals surface area contributed by atoms with Gasteiger partial charge in [-0.15, -0.1) is 0 Å². The number of alkyl carbamates (subject to hydrolysis) is 1. The summed E-state index contributed by atoms with van der Waals surface area (Å²) in [5, 5.41) is 12.5. The summed E-state index contributed by atoms with van der Waals surface area (Å²) in [5.74, 6) is -1.000. The molecule has 0 atom stereocenters. The molecule has 0 bridgehead atoms. The molecule has 0 aliphatic heterocycles. The molecule has 0 saturated heterocycles. The van der Waals surface area contributed by atoms with E-state index in [1.165, 1.54) is 0 Å². The van der Waals surface area contributed by atoms with Crippen LogP contribution in [-0.2, 0) is 16.1 Å². The van der Waals surface area contributed by atoms with Gasteiger partial charge in [0.05, 0.1) is 0 Å². The minimum atomic E-state index is -1.29. The van der Waals surface area contributed by atoms with Crippen molar-refractivity contribution in [3.8, 4) is 0 Å². The van der Waals surface area contributed by atoms with Crippen molar-refractivity contribution in [2.45, 2.75) is 59.1 Å². The zero-order valence-corrected chi connectivity index (χ0v) is 14.9. The Balaban J connectivity index is 2.10. The first-order valence-electron chi connectivity index (χ1n) is 8.26. The van der Waals surface area contributed by atoms with Crippen LogP contribution in [0.3, 0.4) is 0 Å². The number of hydrogen-bond acceptors (Lipinski definition) is 3. The number of amides is 1. The highest BCUT2D eigenvalue weighted by molar-refractivity contribution is 5.84. The Bertz CT molecular complexity index is 591. The molecule has 2 rings (SSSR count). The van der Waals surface area contributed by atoms with E-state index in [0.717, 1.165) is 12.0 Å². The number of ether oxygens (including phenoxy) is 1. The summed E-state index contributed by atoms with van der Waals surface area (Å²) in [6.45, 7) is 8.30. The second kappa shape index (κ2) is 6.46. The first-order valence-corrected chi connectivity index (χ1v) is 8.26. The molecule has 1 aliphatic rings. The van der Waals surface area contributed by atoms with Gasteiger partial charge < -0.3 is 15.2 Å². The highest BCUT2D eigenvalue weighted by Gasteiger charge is 2.53. The number of carboxylic acids is 1. The van der Waals surface area contributed by atoms with Gasteiger partial charge in [0.2, 0.25) is 0 Å². The van der Waals surface area contributed by atoms with Crippen molar-refractivity contribution in [1.82, 2.24) is 5.32 Å². The molecule has 0 unspecified atom stereocenters. The maximum atomic E-state index is 12.2. The Labute approximate surface area is 143 Å². The normalized spacial score (nSPS) is 20.8. The summed E-state index contributed by atoms with van der Waals surface area (Å²) in [5.41, 5.74) is -0.778. The molecular formula is C19H27NO4. The molecule has 5 heteroatoms. The van der Waals surface area contributed by atoms with Crippen molar-refractivity contribution in [1.29, 1.82) is 0 Å². The van der Waals surface area contributed by atoms with E-state index in [9.17, 15) is 14.7 Å². The van der Waals surface area contributed by atoms with Crippen molar-refractivity contribution in [3.05, 3.63) is 35.9 Å². The molecular weight excluding hydrogens is 306 g/mol. The van der Waals surface area contributed by atoms with Crippen molar-refractivity contribution >= 4 is 12.1 Å². The minimum Gasteiger partial charge on any atom is -0.480 e. The van der Waals surface area contributed by atoms with Crippen molar-refractivity contribution in [3.63, 3.8) is 0 Å². The third-order valence-corrected chi connectivity index (χ3v) is 4.48. The number of nitrogens with one attached hydrogen (secondary N) is 1. The Hall–Kier alpha value is -2.04. The standard InChI is InChI=1S/C19H27NO4/c1-17(2)11-18(3,4)13-19(12-17,15(21)22)20-16(23)24-10-14-8-6-5-7-9-14/h5-9H,10-13H2,1-4H3,(H,20,23)(H,21,22). The number of carbonyl (C=O) groups is 2. The lowest BCUT2D eigenvalue weighted by Gasteiger charge is -2.49. The third-order valence-electron chi connectivity index (χ3n) is 4.48. The maximum absolute atomic E-state index is 12.2. The van der Waals surface area contributed by atoms with Crippen LogP contribution in [0, 0.1) is 10.8 Å². The van der Waals surface area contributed by atoms with Gasteiger partial charge in [0.25, 0.3) is 0 Å². The maximum Gasteiger partial charge on any atom is 0.408 e. The van der Waals surface area contributed by atoms with E-state index in [2.05, 4.69) is 5.32 Å². The van der Waals surface area contributed by atoms with Gasteiger partial charge in [0.1, 0.15) is 12.1 Å². The molecule has 1 aromatic carbocycles. The molecule has 0 heterocycles. The van der Waals surface area contributed by atoms with Gasteiger partial charge in [0, 0.05) is 0 Å². The fraction of sp³-hybridized carbons (Fsp3) is 0.579. The Morgan fingerprint density at radius 1 is 1.04 bits per heavy atom. The van der Waals surface area contributed by atoms with E-state index in [0.29, 0.717) is 12.8 Å². The predicted octanol–water partition coefficient (Wildman–Crippen LogP) is 3.97.